The van der Waals surface area contributed by atoms with Crippen LogP contribution < -0.4 is 5.32 Å². The molecule has 2 aromatic rings. The first kappa shape index (κ1) is 14.7. The van der Waals surface area contributed by atoms with Gasteiger partial charge in [-0.2, -0.15) is 0 Å². The molecule has 0 aliphatic rings. The van der Waals surface area contributed by atoms with Crippen LogP contribution in [0.1, 0.15) is 42.8 Å². The first-order chi connectivity index (χ1) is 9.79. The number of hydrogen-bond acceptors (Lipinski definition) is 3. The van der Waals surface area contributed by atoms with Gasteiger partial charge in [0.05, 0.1) is 23.6 Å². The van der Waals surface area contributed by atoms with Crippen molar-refractivity contribution in [3.8, 4) is 0 Å². The second-order valence-electron chi connectivity index (χ2n) is 5.07. The molecule has 0 saturated carbocycles. The molecule has 0 aliphatic heterocycles. The van der Waals surface area contributed by atoms with E-state index in [-0.39, 0.29) is 0 Å². The van der Waals surface area contributed by atoms with Crippen molar-refractivity contribution in [1.29, 1.82) is 0 Å². The molecule has 0 saturated heterocycles. The molecule has 1 unspecified atom stereocenters. The van der Waals surface area contributed by atoms with Crippen molar-refractivity contribution in [2.75, 3.05) is 6.54 Å². The zero-order valence-corrected chi connectivity index (χ0v) is 12.3. The summed E-state index contributed by atoms with van der Waals surface area (Å²) < 4.78 is 0. The molecule has 2 rings (SSSR count). The maximum Gasteiger partial charge on any atom is 0.0756 e. The van der Waals surface area contributed by atoms with Gasteiger partial charge in [0.25, 0.3) is 0 Å². The van der Waals surface area contributed by atoms with Crippen LogP contribution in [0.3, 0.4) is 0 Å². The topological polar surface area (TPSA) is 37.8 Å². The van der Waals surface area contributed by atoms with Gasteiger partial charge in [0.1, 0.15) is 0 Å². The lowest BCUT2D eigenvalue weighted by Crippen LogP contribution is -2.22. The Bertz CT molecular complexity index is 493. The van der Waals surface area contributed by atoms with E-state index in [1.165, 1.54) is 5.56 Å². The Morgan fingerprint density at radius 3 is 2.55 bits per heavy atom. The summed E-state index contributed by atoms with van der Waals surface area (Å²) in [6.07, 6.45) is 7.09. The largest absolute Gasteiger partial charge is 0.309 e. The van der Waals surface area contributed by atoms with E-state index in [1.54, 1.807) is 0 Å². The van der Waals surface area contributed by atoms with E-state index >= 15 is 0 Å². The molecule has 0 fully saturated rings. The third-order valence-electron chi connectivity index (χ3n) is 3.41. The highest BCUT2D eigenvalue weighted by Gasteiger charge is 2.11. The van der Waals surface area contributed by atoms with Crippen molar-refractivity contribution < 1.29 is 0 Å². The standard InChI is InChI=1S/C17H23N3/c1-3-18-16(17-13-19-14(2)12-20-17)11-7-10-15-8-5-4-6-9-15/h4-6,8-9,12-13,16,18H,3,7,10-11H2,1-2H3. The molecular weight excluding hydrogens is 246 g/mol. The number of nitrogens with zero attached hydrogens (tertiary/aromatic N) is 2. The molecule has 0 aliphatic carbocycles. The zero-order chi connectivity index (χ0) is 14.2. The Morgan fingerprint density at radius 1 is 1.10 bits per heavy atom. The molecule has 0 amide bonds. The Kier molecular flexibility index (Phi) is 5.69. The van der Waals surface area contributed by atoms with E-state index in [2.05, 4.69) is 52.5 Å². The van der Waals surface area contributed by atoms with Gasteiger partial charge >= 0.3 is 0 Å². The van der Waals surface area contributed by atoms with Crippen LogP contribution in [-0.4, -0.2) is 16.5 Å². The van der Waals surface area contributed by atoms with Crippen molar-refractivity contribution in [3.05, 3.63) is 59.7 Å². The Labute approximate surface area is 121 Å². The van der Waals surface area contributed by atoms with Crippen molar-refractivity contribution >= 4 is 0 Å². The van der Waals surface area contributed by atoms with Crippen molar-refractivity contribution in [2.45, 2.75) is 39.2 Å². The average Bonchev–Trinajstić information content (AvgIpc) is 2.48. The highest BCUT2D eigenvalue weighted by molar-refractivity contribution is 5.14. The molecule has 20 heavy (non-hydrogen) atoms. The van der Waals surface area contributed by atoms with Crippen LogP contribution in [0.15, 0.2) is 42.7 Å². The third kappa shape index (κ3) is 4.42. The average molecular weight is 269 g/mol. The Hall–Kier alpha value is -1.74. The smallest absolute Gasteiger partial charge is 0.0756 e. The van der Waals surface area contributed by atoms with E-state index in [1.807, 2.05) is 19.3 Å². The fourth-order valence-electron chi connectivity index (χ4n) is 2.34. The molecule has 1 aromatic heterocycles. The molecule has 0 spiro atoms. The van der Waals surface area contributed by atoms with E-state index in [9.17, 15) is 0 Å². The van der Waals surface area contributed by atoms with Crippen LogP contribution in [-0.2, 0) is 6.42 Å². The van der Waals surface area contributed by atoms with Gasteiger partial charge < -0.3 is 5.32 Å². The summed E-state index contributed by atoms with van der Waals surface area (Å²) in [7, 11) is 0. The van der Waals surface area contributed by atoms with Crippen LogP contribution in [0, 0.1) is 6.92 Å². The lowest BCUT2D eigenvalue weighted by atomic mass is 10.0. The number of aromatic nitrogens is 2. The highest BCUT2D eigenvalue weighted by Crippen LogP contribution is 2.17. The van der Waals surface area contributed by atoms with Crippen LogP contribution in [0.5, 0.6) is 0 Å². The quantitative estimate of drug-likeness (QED) is 0.836. The molecule has 3 nitrogen and oxygen atoms in total. The molecule has 1 N–H and O–H groups in total. The number of aryl methyl sites for hydroxylation is 2. The molecule has 106 valence electrons. The first-order valence-electron chi connectivity index (χ1n) is 7.35. The van der Waals surface area contributed by atoms with Gasteiger partial charge in [0.15, 0.2) is 0 Å². The SMILES string of the molecule is CCNC(CCCc1ccccc1)c1cnc(C)cn1. The van der Waals surface area contributed by atoms with Gasteiger partial charge in [0, 0.05) is 6.20 Å². The van der Waals surface area contributed by atoms with Crippen LogP contribution >= 0.6 is 0 Å². The minimum absolute atomic E-state index is 0.303. The molecule has 1 heterocycles. The fourth-order valence-corrected chi connectivity index (χ4v) is 2.34. The lowest BCUT2D eigenvalue weighted by Gasteiger charge is -2.17. The van der Waals surface area contributed by atoms with Gasteiger partial charge in [-0.05, 0) is 38.3 Å². The fraction of sp³-hybridized carbons (Fsp3) is 0.412. The second kappa shape index (κ2) is 7.75. The van der Waals surface area contributed by atoms with E-state index in [0.717, 1.165) is 37.2 Å². The van der Waals surface area contributed by atoms with Gasteiger partial charge in [0.2, 0.25) is 0 Å². The zero-order valence-electron chi connectivity index (χ0n) is 12.3. The highest BCUT2D eigenvalue weighted by atomic mass is 14.9. The Morgan fingerprint density at radius 2 is 1.90 bits per heavy atom. The number of benzene rings is 1. The van der Waals surface area contributed by atoms with Crippen LogP contribution in [0.4, 0.5) is 0 Å². The minimum atomic E-state index is 0.303. The maximum absolute atomic E-state index is 4.50. The predicted molar refractivity (Wildman–Crippen MR) is 82.6 cm³/mol. The van der Waals surface area contributed by atoms with Gasteiger partial charge in [-0.1, -0.05) is 37.3 Å². The number of nitrogens with one attached hydrogen (secondary N) is 1. The second-order valence-corrected chi connectivity index (χ2v) is 5.07. The first-order valence-corrected chi connectivity index (χ1v) is 7.35. The summed E-state index contributed by atoms with van der Waals surface area (Å²) >= 11 is 0. The summed E-state index contributed by atoms with van der Waals surface area (Å²) in [4.78, 5) is 8.84. The molecule has 1 aromatic carbocycles. The number of hydrogen-bond donors (Lipinski definition) is 1. The van der Waals surface area contributed by atoms with Crippen LogP contribution in [0.2, 0.25) is 0 Å². The number of rotatable bonds is 7. The molecule has 3 heteroatoms. The van der Waals surface area contributed by atoms with Gasteiger partial charge in [-0.3, -0.25) is 9.97 Å². The lowest BCUT2D eigenvalue weighted by molar-refractivity contribution is 0.485. The summed E-state index contributed by atoms with van der Waals surface area (Å²) in [5.41, 5.74) is 3.41. The van der Waals surface area contributed by atoms with Crippen molar-refractivity contribution in [1.82, 2.24) is 15.3 Å². The molecular formula is C17H23N3. The molecule has 0 radical (unpaired) electrons. The minimum Gasteiger partial charge on any atom is -0.309 e. The summed E-state index contributed by atoms with van der Waals surface area (Å²) in [6.45, 7) is 5.05. The van der Waals surface area contributed by atoms with Gasteiger partial charge in [-0.25, -0.2) is 0 Å². The summed E-state index contributed by atoms with van der Waals surface area (Å²) in [6, 6.07) is 10.9. The summed E-state index contributed by atoms with van der Waals surface area (Å²) in [5, 5.41) is 3.50. The van der Waals surface area contributed by atoms with E-state index < -0.39 is 0 Å². The van der Waals surface area contributed by atoms with Crippen molar-refractivity contribution in [2.24, 2.45) is 0 Å². The predicted octanol–water partition coefficient (Wildman–Crippen LogP) is 3.46. The molecule has 1 atom stereocenters. The molecule has 0 bridgehead atoms. The normalized spacial score (nSPS) is 12.3. The monoisotopic (exact) mass is 269 g/mol. The maximum atomic E-state index is 4.50. The van der Waals surface area contributed by atoms with Crippen LogP contribution in [0.25, 0.3) is 0 Å². The third-order valence-corrected chi connectivity index (χ3v) is 3.41. The van der Waals surface area contributed by atoms with Gasteiger partial charge in [-0.15, -0.1) is 0 Å². The Balaban J connectivity index is 1.90. The summed E-state index contributed by atoms with van der Waals surface area (Å²) in [5.74, 6) is 0. The van der Waals surface area contributed by atoms with E-state index in [4.69, 9.17) is 0 Å². The van der Waals surface area contributed by atoms with Crippen molar-refractivity contribution in [3.63, 3.8) is 0 Å². The van der Waals surface area contributed by atoms with E-state index in [0.29, 0.717) is 6.04 Å².